The first-order valence-electron chi connectivity index (χ1n) is 7.39. The second-order valence-electron chi connectivity index (χ2n) is 6.81. The van der Waals surface area contributed by atoms with Gasteiger partial charge in [0.1, 0.15) is 0 Å². The number of aromatic nitrogens is 2. The van der Waals surface area contributed by atoms with Gasteiger partial charge in [-0.15, -0.1) is 0 Å². The van der Waals surface area contributed by atoms with Crippen molar-refractivity contribution in [1.82, 2.24) is 9.55 Å². The van der Waals surface area contributed by atoms with Crippen LogP contribution < -0.4 is 16.2 Å². The molecule has 2 unspecified atom stereocenters. The van der Waals surface area contributed by atoms with Crippen LogP contribution in [0.25, 0.3) is 0 Å². The second-order valence-corrected chi connectivity index (χ2v) is 6.81. The third kappa shape index (κ3) is 2.87. The van der Waals surface area contributed by atoms with Crippen molar-refractivity contribution >= 4 is 5.82 Å². The maximum absolute atomic E-state index is 12.7. The lowest BCUT2D eigenvalue weighted by Crippen LogP contribution is -2.50. The summed E-state index contributed by atoms with van der Waals surface area (Å²) in [5, 5.41) is 0. The van der Waals surface area contributed by atoms with Crippen LogP contribution in [0.5, 0.6) is 0 Å². The average Bonchev–Trinajstić information content (AvgIpc) is 2.38. The summed E-state index contributed by atoms with van der Waals surface area (Å²) in [4.78, 5) is 19.1. The topological polar surface area (TPSA) is 64.2 Å². The van der Waals surface area contributed by atoms with E-state index in [4.69, 9.17) is 5.73 Å². The van der Waals surface area contributed by atoms with Crippen LogP contribution in [0.4, 0.5) is 5.82 Å². The molecule has 112 valence electrons. The molecule has 0 amide bonds. The molecule has 1 aliphatic heterocycles. The number of hydrogen-bond acceptors (Lipinski definition) is 4. The molecular weight excluding hydrogens is 252 g/mol. The van der Waals surface area contributed by atoms with Crippen LogP contribution in [0.1, 0.15) is 40.5 Å². The molecule has 0 bridgehead atoms. The minimum atomic E-state index is -0.240. The minimum Gasteiger partial charge on any atom is -0.348 e. The SMILES string of the molecule is CC1CCN(c2nccn(C(C)(C)C)c2=O)C(CN)C1. The van der Waals surface area contributed by atoms with Crippen molar-refractivity contribution < 1.29 is 0 Å². The predicted molar refractivity (Wildman–Crippen MR) is 82.1 cm³/mol. The van der Waals surface area contributed by atoms with E-state index in [1.54, 1.807) is 17.0 Å². The van der Waals surface area contributed by atoms with Crippen LogP contribution in [0.3, 0.4) is 0 Å². The standard InChI is InChI=1S/C15H26N4O/c1-11-5-7-18(12(9-11)10-16)13-14(20)19(8-6-17-13)15(2,3)4/h6,8,11-12H,5,7,9-10,16H2,1-4H3. The van der Waals surface area contributed by atoms with Gasteiger partial charge in [0.25, 0.3) is 5.56 Å². The summed E-state index contributed by atoms with van der Waals surface area (Å²) in [6.07, 6.45) is 5.59. The van der Waals surface area contributed by atoms with Crippen molar-refractivity contribution in [3.63, 3.8) is 0 Å². The summed E-state index contributed by atoms with van der Waals surface area (Å²) in [5.74, 6) is 1.21. The molecule has 2 atom stereocenters. The van der Waals surface area contributed by atoms with Crippen LogP contribution in [0.15, 0.2) is 17.2 Å². The van der Waals surface area contributed by atoms with E-state index in [2.05, 4.69) is 16.8 Å². The van der Waals surface area contributed by atoms with Crippen LogP contribution in [-0.4, -0.2) is 28.7 Å². The summed E-state index contributed by atoms with van der Waals surface area (Å²) in [6.45, 7) is 9.74. The van der Waals surface area contributed by atoms with Gasteiger partial charge in [-0.25, -0.2) is 4.98 Å². The van der Waals surface area contributed by atoms with Gasteiger partial charge >= 0.3 is 0 Å². The summed E-state index contributed by atoms with van der Waals surface area (Å²) in [6, 6.07) is 0.217. The number of nitrogens with zero attached hydrogens (tertiary/aromatic N) is 3. The highest BCUT2D eigenvalue weighted by Crippen LogP contribution is 2.24. The molecule has 1 saturated heterocycles. The van der Waals surface area contributed by atoms with Crippen molar-refractivity contribution in [3.8, 4) is 0 Å². The van der Waals surface area contributed by atoms with Crippen LogP contribution in [0, 0.1) is 5.92 Å². The van der Waals surface area contributed by atoms with Gasteiger partial charge in [0.2, 0.25) is 0 Å². The van der Waals surface area contributed by atoms with E-state index in [-0.39, 0.29) is 17.1 Å². The first kappa shape index (κ1) is 15.0. The molecular formula is C15H26N4O. The maximum atomic E-state index is 12.7. The van der Waals surface area contributed by atoms with Crippen LogP contribution in [0.2, 0.25) is 0 Å². The molecule has 5 nitrogen and oxygen atoms in total. The molecule has 2 heterocycles. The molecule has 2 N–H and O–H groups in total. The first-order valence-corrected chi connectivity index (χ1v) is 7.39. The van der Waals surface area contributed by atoms with Crippen molar-refractivity contribution in [3.05, 3.63) is 22.7 Å². The lowest BCUT2D eigenvalue weighted by atomic mass is 9.92. The summed E-state index contributed by atoms with van der Waals surface area (Å²) in [5.41, 5.74) is 5.63. The van der Waals surface area contributed by atoms with Crippen molar-refractivity contribution in [1.29, 1.82) is 0 Å². The Morgan fingerprint density at radius 2 is 2.15 bits per heavy atom. The molecule has 20 heavy (non-hydrogen) atoms. The van der Waals surface area contributed by atoms with Gasteiger partial charge < -0.3 is 15.2 Å². The molecule has 5 heteroatoms. The van der Waals surface area contributed by atoms with Gasteiger partial charge in [-0.05, 0) is 39.5 Å². The maximum Gasteiger partial charge on any atom is 0.293 e. The van der Waals surface area contributed by atoms with Crippen molar-refractivity contribution in [2.75, 3.05) is 18.0 Å². The fourth-order valence-electron chi connectivity index (χ4n) is 2.88. The monoisotopic (exact) mass is 278 g/mol. The molecule has 1 fully saturated rings. The van der Waals surface area contributed by atoms with E-state index in [0.717, 1.165) is 19.4 Å². The Balaban J connectivity index is 2.40. The van der Waals surface area contributed by atoms with Gasteiger partial charge in [-0.2, -0.15) is 0 Å². The minimum absolute atomic E-state index is 0.0204. The van der Waals surface area contributed by atoms with E-state index in [1.165, 1.54) is 0 Å². The van der Waals surface area contributed by atoms with E-state index < -0.39 is 0 Å². The number of hydrogen-bond donors (Lipinski definition) is 1. The van der Waals surface area contributed by atoms with Crippen molar-refractivity contribution in [2.24, 2.45) is 11.7 Å². The lowest BCUT2D eigenvalue weighted by molar-refractivity contribution is 0.356. The Hall–Kier alpha value is -1.36. The first-order chi connectivity index (χ1) is 9.34. The van der Waals surface area contributed by atoms with Gasteiger partial charge in [0.15, 0.2) is 5.82 Å². The zero-order valence-corrected chi connectivity index (χ0v) is 13.0. The van der Waals surface area contributed by atoms with Crippen LogP contribution in [-0.2, 0) is 5.54 Å². The largest absolute Gasteiger partial charge is 0.348 e. The van der Waals surface area contributed by atoms with E-state index in [0.29, 0.717) is 18.3 Å². The quantitative estimate of drug-likeness (QED) is 0.891. The summed E-state index contributed by atoms with van der Waals surface area (Å²) in [7, 11) is 0. The highest BCUT2D eigenvalue weighted by Gasteiger charge is 2.29. The number of nitrogens with two attached hydrogens (primary N) is 1. The number of rotatable bonds is 2. The average molecular weight is 278 g/mol. The number of anilines is 1. The fraction of sp³-hybridized carbons (Fsp3) is 0.733. The Bertz CT molecular complexity index is 517. The Labute approximate surface area is 120 Å². The number of piperidine rings is 1. The Morgan fingerprint density at radius 3 is 2.75 bits per heavy atom. The van der Waals surface area contributed by atoms with Crippen LogP contribution >= 0.6 is 0 Å². The van der Waals surface area contributed by atoms with Gasteiger partial charge in [0.05, 0.1) is 0 Å². The fourth-order valence-corrected chi connectivity index (χ4v) is 2.88. The molecule has 0 saturated carbocycles. The highest BCUT2D eigenvalue weighted by molar-refractivity contribution is 5.38. The third-order valence-electron chi connectivity index (χ3n) is 4.07. The second kappa shape index (κ2) is 5.56. The molecule has 0 radical (unpaired) electrons. The Kier molecular flexibility index (Phi) is 4.18. The van der Waals surface area contributed by atoms with E-state index >= 15 is 0 Å². The molecule has 0 aromatic carbocycles. The molecule has 0 spiro atoms. The summed E-state index contributed by atoms with van der Waals surface area (Å²) >= 11 is 0. The molecule has 2 rings (SSSR count). The molecule has 0 aliphatic carbocycles. The third-order valence-corrected chi connectivity index (χ3v) is 4.07. The zero-order valence-electron chi connectivity index (χ0n) is 13.0. The van der Waals surface area contributed by atoms with Crippen molar-refractivity contribution in [2.45, 2.75) is 52.1 Å². The van der Waals surface area contributed by atoms with E-state index in [9.17, 15) is 4.79 Å². The van der Waals surface area contributed by atoms with Gasteiger partial charge in [-0.1, -0.05) is 6.92 Å². The van der Waals surface area contributed by atoms with E-state index in [1.807, 2.05) is 20.8 Å². The van der Waals surface area contributed by atoms with Gasteiger partial charge in [-0.3, -0.25) is 4.79 Å². The predicted octanol–water partition coefficient (Wildman–Crippen LogP) is 1.56. The highest BCUT2D eigenvalue weighted by atomic mass is 16.1. The lowest BCUT2D eigenvalue weighted by Gasteiger charge is -2.38. The molecule has 1 aromatic heterocycles. The zero-order chi connectivity index (χ0) is 14.9. The summed E-state index contributed by atoms with van der Waals surface area (Å²) < 4.78 is 1.75. The normalized spacial score (nSPS) is 23.9. The molecule has 1 aromatic rings. The Morgan fingerprint density at radius 1 is 1.45 bits per heavy atom. The molecule has 1 aliphatic rings. The smallest absolute Gasteiger partial charge is 0.293 e. The van der Waals surface area contributed by atoms with Gasteiger partial charge in [0, 0.05) is 37.1 Å².